The van der Waals surface area contributed by atoms with Crippen LogP contribution in [0.15, 0.2) is 0 Å². The molecule has 1 saturated carbocycles. The molecule has 1 unspecified atom stereocenters. The van der Waals surface area contributed by atoms with E-state index >= 15 is 0 Å². The van der Waals surface area contributed by atoms with E-state index in [1.54, 1.807) is 0 Å². The van der Waals surface area contributed by atoms with E-state index in [0.717, 1.165) is 32.1 Å². The number of hydrogen-bond donors (Lipinski definition) is 2. The average Bonchev–Trinajstić information content (AvgIpc) is 2.46. The molecule has 2 N–H and O–H groups in total. The number of ether oxygens (including phenoxy) is 2. The van der Waals surface area contributed by atoms with Gasteiger partial charge in [-0.25, -0.2) is 0 Å². The summed E-state index contributed by atoms with van der Waals surface area (Å²) in [4.78, 5) is 23.2. The molecule has 0 spiro atoms. The Labute approximate surface area is 125 Å². The zero-order chi connectivity index (χ0) is 15.1. The lowest BCUT2D eigenvalue weighted by molar-refractivity contribution is -0.141. The first kappa shape index (κ1) is 16.2. The molecular weight excluding hydrogens is 274 g/mol. The molecule has 6 nitrogen and oxygen atoms in total. The molecular formula is C15H25NO5. The van der Waals surface area contributed by atoms with Crippen molar-refractivity contribution in [2.45, 2.75) is 51.0 Å². The highest BCUT2D eigenvalue weighted by atomic mass is 16.6. The summed E-state index contributed by atoms with van der Waals surface area (Å²) in [7, 11) is 0. The van der Waals surface area contributed by atoms with Gasteiger partial charge in [-0.1, -0.05) is 19.3 Å². The summed E-state index contributed by atoms with van der Waals surface area (Å²) in [5, 5.41) is 12.0. The van der Waals surface area contributed by atoms with Crippen LogP contribution in [0.4, 0.5) is 0 Å². The highest BCUT2D eigenvalue weighted by Gasteiger charge is 2.36. The van der Waals surface area contributed by atoms with Gasteiger partial charge in [-0.05, 0) is 18.3 Å². The molecule has 1 atom stereocenters. The number of amides is 1. The third-order valence-corrected chi connectivity index (χ3v) is 4.39. The Hall–Kier alpha value is -1.14. The molecule has 21 heavy (non-hydrogen) atoms. The fraction of sp³-hybridized carbons (Fsp3) is 0.867. The summed E-state index contributed by atoms with van der Waals surface area (Å²) in [5.74, 6) is -0.888. The number of nitrogens with one attached hydrogen (secondary N) is 1. The van der Waals surface area contributed by atoms with Crippen molar-refractivity contribution in [2.24, 2.45) is 5.41 Å². The second kappa shape index (κ2) is 7.75. The van der Waals surface area contributed by atoms with E-state index < -0.39 is 5.97 Å². The van der Waals surface area contributed by atoms with Gasteiger partial charge in [0.05, 0.1) is 32.3 Å². The minimum Gasteiger partial charge on any atom is -0.481 e. The van der Waals surface area contributed by atoms with E-state index in [-0.39, 0.29) is 23.8 Å². The molecule has 1 saturated heterocycles. The number of carboxylic acids is 1. The average molecular weight is 299 g/mol. The van der Waals surface area contributed by atoms with E-state index in [1.807, 2.05) is 0 Å². The molecule has 2 rings (SSSR count). The largest absolute Gasteiger partial charge is 0.481 e. The second-order valence-electron chi connectivity index (χ2n) is 6.18. The molecule has 2 fully saturated rings. The van der Waals surface area contributed by atoms with Crippen molar-refractivity contribution in [2.75, 3.05) is 26.4 Å². The summed E-state index contributed by atoms with van der Waals surface area (Å²) < 4.78 is 10.8. The SMILES string of the molecule is O=C(O)CC1(CC(=O)NCC2COCCO2)CCCCC1. The fourth-order valence-electron chi connectivity index (χ4n) is 3.32. The minimum absolute atomic E-state index is 0.0766. The summed E-state index contributed by atoms with van der Waals surface area (Å²) >= 11 is 0. The third-order valence-electron chi connectivity index (χ3n) is 4.39. The van der Waals surface area contributed by atoms with Crippen molar-refractivity contribution in [3.8, 4) is 0 Å². The maximum absolute atomic E-state index is 12.1. The summed E-state index contributed by atoms with van der Waals surface area (Å²) in [5.41, 5.74) is -0.363. The maximum atomic E-state index is 12.1. The van der Waals surface area contributed by atoms with Crippen LogP contribution in [-0.2, 0) is 19.1 Å². The molecule has 0 radical (unpaired) electrons. The van der Waals surface area contributed by atoms with Crippen LogP contribution in [0.25, 0.3) is 0 Å². The number of aliphatic carboxylic acids is 1. The summed E-state index contributed by atoms with van der Waals surface area (Å²) in [6, 6.07) is 0. The first-order chi connectivity index (χ1) is 10.1. The van der Waals surface area contributed by atoms with Gasteiger partial charge in [0.1, 0.15) is 0 Å². The zero-order valence-corrected chi connectivity index (χ0v) is 12.4. The van der Waals surface area contributed by atoms with Gasteiger partial charge in [0.25, 0.3) is 0 Å². The standard InChI is InChI=1S/C15H25NO5/c17-13(16-10-12-11-20-6-7-21-12)8-15(9-14(18)19)4-2-1-3-5-15/h12H,1-11H2,(H,16,17)(H,18,19). The molecule has 0 aromatic carbocycles. The minimum atomic E-state index is -0.811. The lowest BCUT2D eigenvalue weighted by atomic mass is 9.69. The van der Waals surface area contributed by atoms with Crippen LogP contribution in [0.2, 0.25) is 0 Å². The Bertz CT molecular complexity index is 359. The highest BCUT2D eigenvalue weighted by molar-refractivity contribution is 5.78. The molecule has 0 aromatic heterocycles. The Morgan fingerprint density at radius 1 is 1.14 bits per heavy atom. The van der Waals surface area contributed by atoms with Crippen LogP contribution in [0.3, 0.4) is 0 Å². The zero-order valence-electron chi connectivity index (χ0n) is 12.4. The van der Waals surface area contributed by atoms with Gasteiger partial charge >= 0.3 is 5.97 Å². The smallest absolute Gasteiger partial charge is 0.303 e. The van der Waals surface area contributed by atoms with Crippen molar-refractivity contribution in [3.05, 3.63) is 0 Å². The topological polar surface area (TPSA) is 84.9 Å². The first-order valence-corrected chi connectivity index (χ1v) is 7.77. The monoisotopic (exact) mass is 299 g/mol. The lowest BCUT2D eigenvalue weighted by Crippen LogP contribution is -2.42. The molecule has 0 bridgehead atoms. The summed E-state index contributed by atoms with van der Waals surface area (Å²) in [6.45, 7) is 2.10. The highest BCUT2D eigenvalue weighted by Crippen LogP contribution is 2.42. The van der Waals surface area contributed by atoms with Crippen LogP contribution < -0.4 is 5.32 Å². The van der Waals surface area contributed by atoms with E-state index in [1.165, 1.54) is 0 Å². The van der Waals surface area contributed by atoms with Gasteiger partial charge in [0.2, 0.25) is 5.91 Å². The van der Waals surface area contributed by atoms with Crippen molar-refractivity contribution in [1.82, 2.24) is 5.32 Å². The first-order valence-electron chi connectivity index (χ1n) is 7.77. The van der Waals surface area contributed by atoms with Gasteiger partial charge in [0.15, 0.2) is 0 Å². The molecule has 6 heteroatoms. The van der Waals surface area contributed by atoms with Gasteiger partial charge in [-0.15, -0.1) is 0 Å². The molecule has 120 valence electrons. The lowest BCUT2D eigenvalue weighted by Gasteiger charge is -2.35. The summed E-state index contributed by atoms with van der Waals surface area (Å²) in [6.07, 6.45) is 5.11. The molecule has 0 aromatic rings. The van der Waals surface area contributed by atoms with Gasteiger partial charge in [0, 0.05) is 13.0 Å². The molecule has 1 aliphatic heterocycles. The predicted octanol–water partition coefficient (Wildman–Crippen LogP) is 1.33. The van der Waals surface area contributed by atoms with Crippen LogP contribution in [0.1, 0.15) is 44.9 Å². The predicted molar refractivity (Wildman–Crippen MR) is 76.0 cm³/mol. The fourth-order valence-corrected chi connectivity index (χ4v) is 3.32. The van der Waals surface area contributed by atoms with E-state index in [4.69, 9.17) is 14.6 Å². The Morgan fingerprint density at radius 2 is 1.90 bits per heavy atom. The van der Waals surface area contributed by atoms with Gasteiger partial charge < -0.3 is 19.9 Å². The molecule has 1 heterocycles. The van der Waals surface area contributed by atoms with Gasteiger partial charge in [-0.2, -0.15) is 0 Å². The number of hydrogen-bond acceptors (Lipinski definition) is 4. The van der Waals surface area contributed by atoms with Crippen molar-refractivity contribution >= 4 is 11.9 Å². The second-order valence-corrected chi connectivity index (χ2v) is 6.18. The van der Waals surface area contributed by atoms with E-state index in [0.29, 0.717) is 32.8 Å². The van der Waals surface area contributed by atoms with Gasteiger partial charge in [-0.3, -0.25) is 9.59 Å². The Kier molecular flexibility index (Phi) is 5.99. The van der Waals surface area contributed by atoms with E-state index in [2.05, 4.69) is 5.32 Å². The molecule has 2 aliphatic rings. The number of carbonyl (C=O) groups is 2. The normalized spacial score (nSPS) is 25.2. The third kappa shape index (κ3) is 5.28. The van der Waals surface area contributed by atoms with E-state index in [9.17, 15) is 9.59 Å². The van der Waals surface area contributed by atoms with Crippen LogP contribution in [0, 0.1) is 5.41 Å². The van der Waals surface area contributed by atoms with Crippen LogP contribution in [0.5, 0.6) is 0 Å². The van der Waals surface area contributed by atoms with Crippen LogP contribution >= 0.6 is 0 Å². The maximum Gasteiger partial charge on any atom is 0.303 e. The van der Waals surface area contributed by atoms with Crippen molar-refractivity contribution in [1.29, 1.82) is 0 Å². The van der Waals surface area contributed by atoms with Crippen LogP contribution in [-0.4, -0.2) is 49.5 Å². The van der Waals surface area contributed by atoms with Crippen molar-refractivity contribution < 1.29 is 24.2 Å². The number of carbonyl (C=O) groups excluding carboxylic acids is 1. The Balaban J connectivity index is 1.81. The Morgan fingerprint density at radius 3 is 2.52 bits per heavy atom. The number of rotatable bonds is 6. The van der Waals surface area contributed by atoms with Crippen molar-refractivity contribution in [3.63, 3.8) is 0 Å². The number of carboxylic acid groups (broad SMARTS) is 1. The molecule has 1 amide bonds. The molecule has 1 aliphatic carbocycles. The quantitative estimate of drug-likeness (QED) is 0.773.